The third kappa shape index (κ3) is 5.88. The molecule has 0 saturated heterocycles. The number of hydrogen-bond donors (Lipinski definition) is 2. The highest BCUT2D eigenvalue weighted by atomic mass is 127. The molecule has 0 aliphatic heterocycles. The lowest BCUT2D eigenvalue weighted by Gasteiger charge is -2.43. The monoisotopic (exact) mass is 449 g/mol. The van der Waals surface area contributed by atoms with Crippen LogP contribution in [-0.4, -0.2) is 39.3 Å². The lowest BCUT2D eigenvalue weighted by molar-refractivity contribution is 0.145. The third-order valence-electron chi connectivity index (χ3n) is 4.55. The molecule has 0 unspecified atom stereocenters. The fraction of sp³-hybridized carbons (Fsp3) is 0.611. The van der Waals surface area contributed by atoms with E-state index in [1.807, 2.05) is 19.1 Å². The topological polar surface area (TPSA) is 45.6 Å². The van der Waals surface area contributed by atoms with Crippen LogP contribution in [0.3, 0.4) is 0 Å². The molecule has 2 rings (SSSR count). The van der Waals surface area contributed by atoms with Gasteiger partial charge in [0.05, 0.1) is 0 Å². The number of benzene rings is 1. The Morgan fingerprint density at radius 1 is 1.25 bits per heavy atom. The maximum atomic E-state index is 13.1. The van der Waals surface area contributed by atoms with Crippen molar-refractivity contribution in [2.45, 2.75) is 38.0 Å². The summed E-state index contributed by atoms with van der Waals surface area (Å²) >= 11 is 0. The fourth-order valence-corrected chi connectivity index (χ4v) is 2.97. The van der Waals surface area contributed by atoms with Gasteiger partial charge in [0.15, 0.2) is 5.96 Å². The van der Waals surface area contributed by atoms with Crippen molar-refractivity contribution in [2.75, 3.05) is 33.4 Å². The van der Waals surface area contributed by atoms with Gasteiger partial charge in [0.1, 0.15) is 5.82 Å². The van der Waals surface area contributed by atoms with Crippen molar-refractivity contribution in [3.63, 3.8) is 0 Å². The van der Waals surface area contributed by atoms with E-state index in [1.54, 1.807) is 19.2 Å². The predicted molar refractivity (Wildman–Crippen MR) is 108 cm³/mol. The first-order valence-electron chi connectivity index (χ1n) is 8.48. The summed E-state index contributed by atoms with van der Waals surface area (Å²) in [5.41, 5.74) is 1.32. The summed E-state index contributed by atoms with van der Waals surface area (Å²) in [6.07, 6.45) is 4.44. The second-order valence-electron chi connectivity index (χ2n) is 6.04. The summed E-state index contributed by atoms with van der Waals surface area (Å²) in [5, 5.41) is 6.73. The van der Waals surface area contributed by atoms with Crippen LogP contribution in [0.25, 0.3) is 0 Å². The van der Waals surface area contributed by atoms with Crippen LogP contribution in [0, 0.1) is 5.82 Å². The average Bonchev–Trinajstić information content (AvgIpc) is 2.53. The molecule has 136 valence electrons. The van der Waals surface area contributed by atoms with E-state index in [1.165, 1.54) is 12.0 Å². The minimum absolute atomic E-state index is 0. The van der Waals surface area contributed by atoms with Crippen molar-refractivity contribution in [1.29, 1.82) is 0 Å². The highest BCUT2D eigenvalue weighted by Gasteiger charge is 2.38. The van der Waals surface area contributed by atoms with Crippen molar-refractivity contribution in [3.8, 4) is 0 Å². The molecule has 0 atom stereocenters. The molecular weight excluding hydrogens is 420 g/mol. The fourth-order valence-electron chi connectivity index (χ4n) is 2.97. The maximum Gasteiger partial charge on any atom is 0.191 e. The number of aliphatic imine (C=N–C) groups is 1. The molecule has 0 heterocycles. The average molecular weight is 449 g/mol. The second kappa shape index (κ2) is 10.9. The summed E-state index contributed by atoms with van der Waals surface area (Å²) in [4.78, 5) is 4.27. The van der Waals surface area contributed by atoms with Crippen LogP contribution in [0.2, 0.25) is 0 Å². The first-order chi connectivity index (χ1) is 11.2. The van der Waals surface area contributed by atoms with Crippen LogP contribution in [-0.2, 0) is 10.2 Å². The number of guanidine groups is 1. The van der Waals surface area contributed by atoms with Gasteiger partial charge in [0, 0.05) is 38.8 Å². The van der Waals surface area contributed by atoms with E-state index in [4.69, 9.17) is 4.74 Å². The Balaban J connectivity index is 0.00000288. The molecule has 1 aliphatic rings. The summed E-state index contributed by atoms with van der Waals surface area (Å²) in [6.45, 7) is 5.18. The molecule has 6 heteroatoms. The number of ether oxygens (including phenoxy) is 1. The molecule has 1 fully saturated rings. The lowest BCUT2D eigenvalue weighted by atomic mass is 9.64. The summed E-state index contributed by atoms with van der Waals surface area (Å²) in [6, 6.07) is 6.93. The summed E-state index contributed by atoms with van der Waals surface area (Å²) < 4.78 is 18.5. The number of hydrogen-bond acceptors (Lipinski definition) is 2. The molecule has 0 radical (unpaired) electrons. The van der Waals surface area contributed by atoms with Crippen LogP contribution in [0.1, 0.15) is 38.2 Å². The first-order valence-corrected chi connectivity index (χ1v) is 8.48. The smallest absolute Gasteiger partial charge is 0.191 e. The Morgan fingerprint density at radius 3 is 2.50 bits per heavy atom. The minimum atomic E-state index is -0.178. The van der Waals surface area contributed by atoms with Gasteiger partial charge < -0.3 is 15.4 Å². The van der Waals surface area contributed by atoms with E-state index in [0.29, 0.717) is 0 Å². The van der Waals surface area contributed by atoms with Gasteiger partial charge in [-0.25, -0.2) is 4.39 Å². The molecule has 2 N–H and O–H groups in total. The molecule has 1 aromatic carbocycles. The van der Waals surface area contributed by atoms with Crippen LogP contribution >= 0.6 is 24.0 Å². The van der Waals surface area contributed by atoms with E-state index in [9.17, 15) is 4.39 Å². The van der Waals surface area contributed by atoms with Crippen molar-refractivity contribution in [2.24, 2.45) is 4.99 Å². The van der Waals surface area contributed by atoms with Gasteiger partial charge in [-0.2, -0.15) is 0 Å². The Bertz CT molecular complexity index is 503. The van der Waals surface area contributed by atoms with Crippen molar-refractivity contribution < 1.29 is 9.13 Å². The number of nitrogens with one attached hydrogen (secondary N) is 2. The molecule has 1 aliphatic carbocycles. The number of rotatable bonds is 8. The summed E-state index contributed by atoms with van der Waals surface area (Å²) in [5.74, 6) is 0.637. The molecule has 0 aromatic heterocycles. The number of halogens is 2. The second-order valence-corrected chi connectivity index (χ2v) is 6.04. The van der Waals surface area contributed by atoms with Gasteiger partial charge in [-0.05, 0) is 43.9 Å². The quantitative estimate of drug-likeness (QED) is 0.277. The molecule has 1 saturated carbocycles. The van der Waals surface area contributed by atoms with E-state index < -0.39 is 0 Å². The standard InChI is InChI=1S/C18H28FN3O.HI/c1-3-23-13-5-12-21-17(20-2)22-14-18(10-4-11-18)15-6-8-16(19)9-7-15;/h6-9H,3-5,10-14H2,1-2H3,(H2,20,21,22);1H. The Hall–Kier alpha value is -0.890. The van der Waals surface area contributed by atoms with Gasteiger partial charge in [-0.15, -0.1) is 24.0 Å². The van der Waals surface area contributed by atoms with Crippen molar-refractivity contribution in [3.05, 3.63) is 35.6 Å². The lowest BCUT2D eigenvalue weighted by Crippen LogP contribution is -2.49. The van der Waals surface area contributed by atoms with E-state index >= 15 is 0 Å². The first kappa shape index (κ1) is 21.2. The van der Waals surface area contributed by atoms with Crippen LogP contribution in [0.5, 0.6) is 0 Å². The van der Waals surface area contributed by atoms with Gasteiger partial charge in [-0.1, -0.05) is 18.6 Å². The van der Waals surface area contributed by atoms with E-state index in [0.717, 1.165) is 51.5 Å². The largest absolute Gasteiger partial charge is 0.382 e. The zero-order valence-electron chi connectivity index (χ0n) is 14.6. The molecule has 0 bridgehead atoms. The third-order valence-corrected chi connectivity index (χ3v) is 4.55. The van der Waals surface area contributed by atoms with Gasteiger partial charge in [0.2, 0.25) is 0 Å². The van der Waals surface area contributed by atoms with E-state index in [-0.39, 0.29) is 35.2 Å². The highest BCUT2D eigenvalue weighted by molar-refractivity contribution is 14.0. The predicted octanol–water partition coefficient (Wildman–Crippen LogP) is 3.46. The normalized spacial score (nSPS) is 16.0. The van der Waals surface area contributed by atoms with Gasteiger partial charge >= 0.3 is 0 Å². The molecule has 1 aromatic rings. The zero-order chi connectivity index (χ0) is 16.5. The van der Waals surface area contributed by atoms with Crippen molar-refractivity contribution in [1.82, 2.24) is 10.6 Å². The molecule has 0 amide bonds. The Kier molecular flexibility index (Phi) is 9.58. The Labute approximate surface area is 161 Å². The maximum absolute atomic E-state index is 13.1. The van der Waals surface area contributed by atoms with Crippen LogP contribution < -0.4 is 10.6 Å². The zero-order valence-corrected chi connectivity index (χ0v) is 16.9. The van der Waals surface area contributed by atoms with Gasteiger partial charge in [0.25, 0.3) is 0 Å². The number of nitrogens with zero attached hydrogens (tertiary/aromatic N) is 1. The minimum Gasteiger partial charge on any atom is -0.382 e. The summed E-state index contributed by atoms with van der Waals surface area (Å²) in [7, 11) is 1.78. The van der Waals surface area contributed by atoms with Gasteiger partial charge in [-0.3, -0.25) is 4.99 Å². The van der Waals surface area contributed by atoms with E-state index in [2.05, 4.69) is 15.6 Å². The Morgan fingerprint density at radius 2 is 1.96 bits per heavy atom. The molecular formula is C18H29FIN3O. The van der Waals surface area contributed by atoms with Crippen LogP contribution in [0.4, 0.5) is 4.39 Å². The SMILES string of the molecule is CCOCCCNC(=NC)NCC1(c2ccc(F)cc2)CCC1.I. The molecule has 24 heavy (non-hydrogen) atoms. The van der Waals surface area contributed by atoms with Crippen molar-refractivity contribution >= 4 is 29.9 Å². The molecule has 0 spiro atoms. The van der Waals surface area contributed by atoms with Crippen LogP contribution in [0.15, 0.2) is 29.3 Å². The molecule has 4 nitrogen and oxygen atoms in total. The highest BCUT2D eigenvalue weighted by Crippen LogP contribution is 2.43.